The molecular weight excluding hydrogens is 344 g/mol. The first-order chi connectivity index (χ1) is 12.7. The van der Waals surface area contributed by atoms with Crippen molar-refractivity contribution < 1.29 is 9.47 Å². The summed E-state index contributed by atoms with van der Waals surface area (Å²) in [5, 5.41) is 4.11. The van der Waals surface area contributed by atoms with E-state index in [9.17, 15) is 0 Å². The molecule has 0 aliphatic carbocycles. The van der Waals surface area contributed by atoms with Crippen molar-refractivity contribution >= 4 is 23.0 Å². The summed E-state index contributed by atoms with van der Waals surface area (Å²) in [5.74, 6) is 2.33. The maximum atomic E-state index is 5.67. The Bertz CT molecular complexity index is 742. The number of methoxy groups -OCH3 is 1. The van der Waals surface area contributed by atoms with Crippen LogP contribution < -0.4 is 14.8 Å². The van der Waals surface area contributed by atoms with Crippen LogP contribution in [0.3, 0.4) is 0 Å². The van der Waals surface area contributed by atoms with Gasteiger partial charge in [0.1, 0.15) is 11.5 Å². The van der Waals surface area contributed by atoms with Crippen molar-refractivity contribution in [3.05, 3.63) is 54.1 Å². The van der Waals surface area contributed by atoms with Crippen LogP contribution in [0.25, 0.3) is 0 Å². The van der Waals surface area contributed by atoms with E-state index in [0.717, 1.165) is 48.2 Å². The molecule has 2 aromatic rings. The van der Waals surface area contributed by atoms with Crippen LogP contribution >= 0.6 is 12.2 Å². The highest BCUT2D eigenvalue weighted by Crippen LogP contribution is 2.34. The molecule has 1 aliphatic rings. The molecule has 4 nitrogen and oxygen atoms in total. The van der Waals surface area contributed by atoms with Gasteiger partial charge in [-0.15, -0.1) is 0 Å². The highest BCUT2D eigenvalue weighted by atomic mass is 32.1. The second-order valence-electron chi connectivity index (χ2n) is 6.36. The number of benzene rings is 2. The quantitative estimate of drug-likeness (QED) is 0.774. The summed E-state index contributed by atoms with van der Waals surface area (Å²) in [4.78, 5) is 2.24. The number of likely N-dealkylation sites (tertiary alicyclic amines) is 1. The largest absolute Gasteiger partial charge is 0.496 e. The van der Waals surface area contributed by atoms with E-state index in [-0.39, 0.29) is 0 Å². The predicted octanol–water partition coefficient (Wildman–Crippen LogP) is 4.67. The van der Waals surface area contributed by atoms with Gasteiger partial charge in [-0.2, -0.15) is 0 Å². The Morgan fingerprint density at radius 2 is 1.73 bits per heavy atom. The lowest BCUT2D eigenvalue weighted by atomic mass is 9.89. The normalized spacial score (nSPS) is 14.8. The standard InChI is InChI=1S/C21H26N2O2S/c1-3-25-20-11-7-5-9-18(20)22-21(26)23-14-12-16(13-15-23)17-8-4-6-10-19(17)24-2/h4-11,16H,3,12-15H2,1-2H3,(H,22,26). The summed E-state index contributed by atoms with van der Waals surface area (Å²) in [5.41, 5.74) is 2.22. The summed E-state index contributed by atoms with van der Waals surface area (Å²) >= 11 is 5.64. The molecule has 1 heterocycles. The van der Waals surface area contributed by atoms with Crippen molar-refractivity contribution in [2.24, 2.45) is 0 Å². The summed E-state index contributed by atoms with van der Waals surface area (Å²) in [6.07, 6.45) is 2.13. The van der Waals surface area contributed by atoms with Gasteiger partial charge in [-0.1, -0.05) is 30.3 Å². The topological polar surface area (TPSA) is 33.7 Å². The molecule has 138 valence electrons. The Balaban J connectivity index is 1.60. The third-order valence-electron chi connectivity index (χ3n) is 4.79. The second kappa shape index (κ2) is 8.90. The Hall–Kier alpha value is -2.27. The highest BCUT2D eigenvalue weighted by molar-refractivity contribution is 7.80. The molecule has 0 radical (unpaired) electrons. The summed E-state index contributed by atoms with van der Waals surface area (Å²) < 4.78 is 11.2. The first-order valence-corrected chi connectivity index (χ1v) is 9.54. The molecule has 0 unspecified atom stereocenters. The van der Waals surface area contributed by atoms with Gasteiger partial charge in [-0.05, 0) is 61.7 Å². The molecule has 1 fully saturated rings. The van der Waals surface area contributed by atoms with Crippen molar-refractivity contribution in [1.82, 2.24) is 4.90 Å². The van der Waals surface area contributed by atoms with Gasteiger partial charge in [0.05, 0.1) is 19.4 Å². The van der Waals surface area contributed by atoms with Crippen molar-refractivity contribution in [3.8, 4) is 11.5 Å². The van der Waals surface area contributed by atoms with Gasteiger partial charge >= 0.3 is 0 Å². The van der Waals surface area contributed by atoms with Gasteiger partial charge in [0.2, 0.25) is 0 Å². The number of thiocarbonyl (C=S) groups is 1. The predicted molar refractivity (Wildman–Crippen MR) is 110 cm³/mol. The zero-order valence-electron chi connectivity index (χ0n) is 15.4. The van der Waals surface area contributed by atoms with E-state index in [2.05, 4.69) is 22.3 Å². The smallest absolute Gasteiger partial charge is 0.173 e. The third-order valence-corrected chi connectivity index (χ3v) is 5.15. The van der Waals surface area contributed by atoms with E-state index < -0.39 is 0 Å². The Labute approximate surface area is 161 Å². The molecule has 1 N–H and O–H groups in total. The molecule has 0 spiro atoms. The van der Waals surface area contributed by atoms with Crippen molar-refractivity contribution in [2.75, 3.05) is 32.1 Å². The number of rotatable bonds is 5. The lowest BCUT2D eigenvalue weighted by Crippen LogP contribution is -2.40. The second-order valence-corrected chi connectivity index (χ2v) is 6.75. The lowest BCUT2D eigenvalue weighted by molar-refractivity contribution is 0.310. The maximum Gasteiger partial charge on any atom is 0.173 e. The first-order valence-electron chi connectivity index (χ1n) is 9.13. The minimum Gasteiger partial charge on any atom is -0.496 e. The molecule has 0 atom stereocenters. The molecular formula is C21H26N2O2S. The Morgan fingerprint density at radius 1 is 1.08 bits per heavy atom. The van der Waals surface area contributed by atoms with E-state index in [0.29, 0.717) is 12.5 Å². The number of para-hydroxylation sites is 3. The number of hydrogen-bond acceptors (Lipinski definition) is 3. The molecule has 0 amide bonds. The van der Waals surface area contributed by atoms with Gasteiger partial charge in [0.15, 0.2) is 5.11 Å². The summed E-state index contributed by atoms with van der Waals surface area (Å²) in [6, 6.07) is 16.2. The summed E-state index contributed by atoms with van der Waals surface area (Å²) in [7, 11) is 1.74. The van der Waals surface area contributed by atoms with Gasteiger partial charge in [0, 0.05) is 13.1 Å². The molecule has 0 aromatic heterocycles. The minimum atomic E-state index is 0.515. The van der Waals surface area contributed by atoms with Crippen LogP contribution in [0.15, 0.2) is 48.5 Å². The molecule has 3 rings (SSSR count). The van der Waals surface area contributed by atoms with Crippen LogP contribution in [0.1, 0.15) is 31.2 Å². The zero-order chi connectivity index (χ0) is 18.4. The third kappa shape index (κ3) is 4.28. The van der Waals surface area contributed by atoms with Gasteiger partial charge in [-0.25, -0.2) is 0 Å². The SMILES string of the molecule is CCOc1ccccc1NC(=S)N1CCC(c2ccccc2OC)CC1. The number of anilines is 1. The van der Waals surface area contributed by atoms with Crippen LogP contribution in [0.4, 0.5) is 5.69 Å². The van der Waals surface area contributed by atoms with Gasteiger partial charge in [-0.3, -0.25) is 0 Å². The number of hydrogen-bond donors (Lipinski definition) is 1. The van der Waals surface area contributed by atoms with E-state index in [1.165, 1.54) is 5.56 Å². The van der Waals surface area contributed by atoms with Gasteiger partial charge in [0.25, 0.3) is 0 Å². The lowest BCUT2D eigenvalue weighted by Gasteiger charge is -2.34. The highest BCUT2D eigenvalue weighted by Gasteiger charge is 2.24. The summed E-state index contributed by atoms with van der Waals surface area (Å²) in [6.45, 7) is 4.49. The molecule has 1 saturated heterocycles. The fourth-order valence-electron chi connectivity index (χ4n) is 3.44. The zero-order valence-corrected chi connectivity index (χ0v) is 16.2. The molecule has 26 heavy (non-hydrogen) atoms. The fraction of sp³-hybridized carbons (Fsp3) is 0.381. The Morgan fingerprint density at radius 3 is 2.42 bits per heavy atom. The Kier molecular flexibility index (Phi) is 6.34. The number of nitrogens with zero attached hydrogens (tertiary/aromatic N) is 1. The van der Waals surface area contributed by atoms with Crippen LogP contribution in [0.2, 0.25) is 0 Å². The van der Waals surface area contributed by atoms with Crippen LogP contribution in [-0.2, 0) is 0 Å². The monoisotopic (exact) mass is 370 g/mol. The van der Waals surface area contributed by atoms with E-state index in [1.807, 2.05) is 43.3 Å². The average molecular weight is 371 g/mol. The molecule has 0 saturated carbocycles. The van der Waals surface area contributed by atoms with Crippen molar-refractivity contribution in [3.63, 3.8) is 0 Å². The van der Waals surface area contributed by atoms with Crippen molar-refractivity contribution in [1.29, 1.82) is 0 Å². The van der Waals surface area contributed by atoms with Crippen LogP contribution in [-0.4, -0.2) is 36.8 Å². The average Bonchev–Trinajstić information content (AvgIpc) is 2.69. The minimum absolute atomic E-state index is 0.515. The fourth-order valence-corrected chi connectivity index (χ4v) is 3.74. The van der Waals surface area contributed by atoms with Crippen LogP contribution in [0.5, 0.6) is 11.5 Å². The first kappa shape index (κ1) is 18.5. The molecule has 1 aliphatic heterocycles. The molecule has 0 bridgehead atoms. The number of nitrogens with one attached hydrogen (secondary N) is 1. The number of piperidine rings is 1. The van der Waals surface area contributed by atoms with Crippen LogP contribution in [0, 0.1) is 0 Å². The van der Waals surface area contributed by atoms with Crippen molar-refractivity contribution in [2.45, 2.75) is 25.7 Å². The molecule has 2 aromatic carbocycles. The van der Waals surface area contributed by atoms with E-state index >= 15 is 0 Å². The van der Waals surface area contributed by atoms with E-state index in [4.69, 9.17) is 21.7 Å². The number of ether oxygens (including phenoxy) is 2. The molecule has 5 heteroatoms. The van der Waals surface area contributed by atoms with Gasteiger partial charge < -0.3 is 19.7 Å². The van der Waals surface area contributed by atoms with E-state index in [1.54, 1.807) is 7.11 Å². The maximum absolute atomic E-state index is 5.67.